The first-order valence-electron chi connectivity index (χ1n) is 6.59. The number of hydrogen-bond acceptors (Lipinski definition) is 3. The molecule has 0 bridgehead atoms. The number of rotatable bonds is 2. The Balaban J connectivity index is 1.90. The van der Waals surface area contributed by atoms with Gasteiger partial charge >= 0.3 is 0 Å². The number of nitrogens with one attached hydrogen (secondary N) is 1. The van der Waals surface area contributed by atoms with E-state index >= 15 is 0 Å². The monoisotopic (exact) mass is 350 g/mol. The second-order valence-corrected chi connectivity index (χ2v) is 6.80. The zero-order valence-corrected chi connectivity index (χ0v) is 14.2. The van der Waals surface area contributed by atoms with E-state index in [4.69, 9.17) is 23.2 Å². The van der Waals surface area contributed by atoms with Gasteiger partial charge in [-0.15, -0.1) is 0 Å². The van der Waals surface area contributed by atoms with Gasteiger partial charge in [0, 0.05) is 5.56 Å². The lowest BCUT2D eigenvalue weighted by molar-refractivity contribution is 0.102. The predicted octanol–water partition coefficient (Wildman–Crippen LogP) is 5.47. The second kappa shape index (κ2) is 5.88. The van der Waals surface area contributed by atoms with E-state index in [9.17, 15) is 4.79 Å². The molecule has 2 aromatic carbocycles. The van der Waals surface area contributed by atoms with Crippen LogP contribution in [-0.2, 0) is 0 Å². The third kappa shape index (κ3) is 2.82. The van der Waals surface area contributed by atoms with Gasteiger partial charge in [0.15, 0.2) is 5.13 Å². The number of nitrogens with zero attached hydrogens (tertiary/aromatic N) is 1. The fourth-order valence-corrected chi connectivity index (χ4v) is 3.33. The number of anilines is 1. The topological polar surface area (TPSA) is 42.0 Å². The van der Waals surface area contributed by atoms with E-state index in [0.717, 1.165) is 15.8 Å². The predicted molar refractivity (Wildman–Crippen MR) is 93.5 cm³/mol. The minimum absolute atomic E-state index is 0.190. The molecular formula is C16H12Cl2N2OS. The largest absolute Gasteiger partial charge is 0.298 e. The van der Waals surface area contributed by atoms with Gasteiger partial charge in [-0.3, -0.25) is 10.1 Å². The van der Waals surface area contributed by atoms with Crippen LogP contribution in [0.3, 0.4) is 0 Å². The van der Waals surface area contributed by atoms with E-state index in [0.29, 0.717) is 26.3 Å². The summed E-state index contributed by atoms with van der Waals surface area (Å²) in [5.41, 5.74) is 3.44. The van der Waals surface area contributed by atoms with Crippen LogP contribution >= 0.6 is 34.5 Å². The summed E-state index contributed by atoms with van der Waals surface area (Å²) in [5.74, 6) is -0.190. The summed E-state index contributed by atoms with van der Waals surface area (Å²) in [7, 11) is 0. The van der Waals surface area contributed by atoms with E-state index in [-0.39, 0.29) is 5.91 Å². The van der Waals surface area contributed by atoms with Crippen molar-refractivity contribution in [3.05, 3.63) is 57.1 Å². The molecule has 0 spiro atoms. The maximum atomic E-state index is 12.3. The molecule has 0 saturated carbocycles. The average molecular weight is 351 g/mol. The first-order valence-corrected chi connectivity index (χ1v) is 8.16. The van der Waals surface area contributed by atoms with Crippen molar-refractivity contribution in [3.63, 3.8) is 0 Å². The van der Waals surface area contributed by atoms with Crippen LogP contribution in [0.4, 0.5) is 5.13 Å². The van der Waals surface area contributed by atoms with Crippen LogP contribution in [-0.4, -0.2) is 10.9 Å². The maximum Gasteiger partial charge on any atom is 0.257 e. The highest BCUT2D eigenvalue weighted by atomic mass is 35.5. The van der Waals surface area contributed by atoms with Gasteiger partial charge in [0.2, 0.25) is 0 Å². The number of hydrogen-bond donors (Lipinski definition) is 1. The lowest BCUT2D eigenvalue weighted by Crippen LogP contribution is -2.11. The van der Waals surface area contributed by atoms with E-state index in [2.05, 4.69) is 10.3 Å². The van der Waals surface area contributed by atoms with E-state index in [1.54, 1.807) is 12.1 Å². The Bertz CT molecular complexity index is 889. The van der Waals surface area contributed by atoms with Gasteiger partial charge in [-0.05, 0) is 49.2 Å². The molecule has 0 aliphatic rings. The smallest absolute Gasteiger partial charge is 0.257 e. The summed E-state index contributed by atoms with van der Waals surface area (Å²) in [5, 5.41) is 4.17. The third-order valence-electron chi connectivity index (χ3n) is 3.44. The van der Waals surface area contributed by atoms with E-state index in [1.165, 1.54) is 11.3 Å². The average Bonchev–Trinajstić information content (AvgIpc) is 2.89. The second-order valence-electron chi connectivity index (χ2n) is 4.98. The van der Waals surface area contributed by atoms with Gasteiger partial charge < -0.3 is 0 Å². The summed E-state index contributed by atoms with van der Waals surface area (Å²) in [6.07, 6.45) is 0. The maximum absolute atomic E-state index is 12.3. The molecule has 0 aliphatic carbocycles. The highest BCUT2D eigenvalue weighted by Crippen LogP contribution is 2.35. The lowest BCUT2D eigenvalue weighted by atomic mass is 10.1. The van der Waals surface area contributed by atoms with Crippen molar-refractivity contribution in [2.24, 2.45) is 0 Å². The number of benzene rings is 2. The Morgan fingerprint density at radius 3 is 2.64 bits per heavy atom. The summed E-state index contributed by atoms with van der Waals surface area (Å²) in [6.45, 7) is 3.99. The molecule has 3 nitrogen and oxygen atoms in total. The van der Waals surface area contributed by atoms with Crippen molar-refractivity contribution < 1.29 is 4.79 Å². The van der Waals surface area contributed by atoms with Crippen molar-refractivity contribution in [2.75, 3.05) is 5.32 Å². The molecule has 1 heterocycles. The zero-order valence-electron chi connectivity index (χ0n) is 11.9. The fraction of sp³-hybridized carbons (Fsp3) is 0.125. The first kappa shape index (κ1) is 15.3. The third-order valence-corrected chi connectivity index (χ3v) is 5.17. The summed E-state index contributed by atoms with van der Waals surface area (Å²) >= 11 is 13.5. The Morgan fingerprint density at radius 1 is 1.14 bits per heavy atom. The number of fused-ring (bicyclic) bond motifs is 1. The number of thiazole rings is 1. The van der Waals surface area contributed by atoms with Gasteiger partial charge in [-0.1, -0.05) is 40.6 Å². The number of halogens is 2. The number of aryl methyl sites for hydroxylation is 2. The van der Waals surface area contributed by atoms with Crippen LogP contribution in [0, 0.1) is 13.8 Å². The normalized spacial score (nSPS) is 10.9. The Labute approximate surface area is 141 Å². The Morgan fingerprint density at radius 2 is 1.91 bits per heavy atom. The van der Waals surface area contributed by atoms with Crippen molar-refractivity contribution in [3.8, 4) is 0 Å². The Hall–Kier alpha value is -1.62. The van der Waals surface area contributed by atoms with Crippen molar-refractivity contribution in [2.45, 2.75) is 13.8 Å². The number of aromatic nitrogens is 1. The molecule has 3 aromatic rings. The van der Waals surface area contributed by atoms with Gasteiger partial charge in [0.05, 0.1) is 14.7 Å². The molecule has 0 radical (unpaired) electrons. The molecule has 1 N–H and O–H groups in total. The van der Waals surface area contributed by atoms with Gasteiger partial charge in [-0.25, -0.2) is 4.98 Å². The summed E-state index contributed by atoms with van der Waals surface area (Å²) in [6, 6.07) is 9.15. The quantitative estimate of drug-likeness (QED) is 0.665. The molecule has 112 valence electrons. The number of carbonyl (C=O) groups excluding carboxylic acids is 1. The first-order chi connectivity index (χ1) is 10.5. The molecule has 1 amide bonds. The molecule has 22 heavy (non-hydrogen) atoms. The van der Waals surface area contributed by atoms with Crippen molar-refractivity contribution in [1.82, 2.24) is 4.98 Å². The van der Waals surface area contributed by atoms with E-state index < -0.39 is 0 Å². The molecule has 0 unspecified atom stereocenters. The van der Waals surface area contributed by atoms with Crippen LogP contribution in [0.2, 0.25) is 10.0 Å². The van der Waals surface area contributed by atoms with Crippen LogP contribution in [0.1, 0.15) is 21.5 Å². The molecule has 1 aromatic heterocycles. The molecule has 0 saturated heterocycles. The summed E-state index contributed by atoms with van der Waals surface area (Å²) < 4.78 is 0.879. The van der Waals surface area contributed by atoms with Crippen LogP contribution in [0.25, 0.3) is 10.2 Å². The highest BCUT2D eigenvalue weighted by Gasteiger charge is 2.13. The SMILES string of the molecule is Cc1ccc(C(=O)Nc2nc3c(Cl)c(Cl)ccc3s2)cc1C. The standard InChI is InChI=1S/C16H12Cl2N2OS/c1-8-3-4-10(7-9(8)2)15(21)20-16-19-14-12(22-16)6-5-11(17)13(14)18/h3-7H,1-2H3,(H,19,20,21). The molecule has 6 heteroatoms. The number of amides is 1. The van der Waals surface area contributed by atoms with Crippen molar-refractivity contribution >= 4 is 55.8 Å². The van der Waals surface area contributed by atoms with Gasteiger partial charge in [0.1, 0.15) is 5.52 Å². The molecule has 0 atom stereocenters. The number of carbonyl (C=O) groups is 1. The zero-order chi connectivity index (χ0) is 15.9. The van der Waals surface area contributed by atoms with E-state index in [1.807, 2.05) is 32.0 Å². The minimum Gasteiger partial charge on any atom is -0.298 e. The van der Waals surface area contributed by atoms with Crippen LogP contribution < -0.4 is 5.32 Å². The van der Waals surface area contributed by atoms with Crippen LogP contribution in [0.5, 0.6) is 0 Å². The fourth-order valence-electron chi connectivity index (χ4n) is 2.04. The minimum atomic E-state index is -0.190. The van der Waals surface area contributed by atoms with Crippen molar-refractivity contribution in [1.29, 1.82) is 0 Å². The molecule has 0 fully saturated rings. The summed E-state index contributed by atoms with van der Waals surface area (Å²) in [4.78, 5) is 16.7. The molecule has 0 aliphatic heterocycles. The molecule has 3 rings (SSSR count). The highest BCUT2D eigenvalue weighted by molar-refractivity contribution is 7.22. The van der Waals surface area contributed by atoms with Gasteiger partial charge in [0.25, 0.3) is 5.91 Å². The molecular weight excluding hydrogens is 339 g/mol. The van der Waals surface area contributed by atoms with Gasteiger partial charge in [-0.2, -0.15) is 0 Å². The lowest BCUT2D eigenvalue weighted by Gasteiger charge is -2.04. The van der Waals surface area contributed by atoms with Crippen LogP contribution in [0.15, 0.2) is 30.3 Å². The Kier molecular flexibility index (Phi) is 4.08.